The molecule has 8 aromatic carbocycles. The molecule has 0 spiro atoms. The van der Waals surface area contributed by atoms with Gasteiger partial charge in [0.1, 0.15) is 0 Å². The molecule has 0 heterocycles. The molecule has 0 aliphatic heterocycles. The van der Waals surface area contributed by atoms with Crippen molar-refractivity contribution >= 4 is 64.6 Å². The first-order valence-corrected chi connectivity index (χ1v) is 20.2. The highest BCUT2D eigenvalue weighted by atomic mass is 14.2. The summed E-state index contributed by atoms with van der Waals surface area (Å²) in [7, 11) is 0. The van der Waals surface area contributed by atoms with Crippen LogP contribution in [0.25, 0.3) is 75.8 Å². The van der Waals surface area contributed by atoms with Crippen LogP contribution in [0.2, 0.25) is 0 Å². The normalized spacial score (nSPS) is 7.97. The quantitative estimate of drug-likeness (QED) is 0.114. The van der Waals surface area contributed by atoms with Crippen molar-refractivity contribution in [1.29, 1.82) is 0 Å². The second-order valence-corrected chi connectivity index (χ2v) is 13.4. The summed E-state index contributed by atoms with van der Waals surface area (Å²) in [6.07, 6.45) is 9.85. The molecule has 8 rings (SSSR count). The van der Waals surface area contributed by atoms with Crippen LogP contribution in [-0.4, -0.2) is 0 Å². The van der Waals surface area contributed by atoms with Crippen molar-refractivity contribution in [3.8, 4) is 213 Å². The molecule has 68 heavy (non-hydrogen) atoms. The maximum atomic E-state index is 4.92. The zero-order valence-corrected chi connectivity index (χ0v) is 35.7. The topological polar surface area (TPSA) is 0 Å². The smallest absolute Gasteiger partial charge is 0 e. The maximum absolute atomic E-state index is 4.92. The van der Waals surface area contributed by atoms with Crippen molar-refractivity contribution in [3.05, 3.63) is 121 Å². The van der Waals surface area contributed by atoms with Gasteiger partial charge in [-0.1, -0.05) is 115 Å². The van der Waals surface area contributed by atoms with Gasteiger partial charge >= 0.3 is 0 Å². The number of fused-ring (bicyclic) bond motifs is 6. The fourth-order valence-corrected chi connectivity index (χ4v) is 7.01. The third-order valence-electron chi connectivity index (χ3n) is 9.54. The lowest BCUT2D eigenvalue weighted by Crippen LogP contribution is -1.88. The maximum Gasteiger partial charge on any atom is 0 e. The van der Waals surface area contributed by atoms with E-state index in [1.165, 1.54) is 75.8 Å². The van der Waals surface area contributed by atoms with Crippen molar-refractivity contribution in [2.45, 2.75) is 0 Å². The molecule has 0 saturated heterocycles. The fraction of sp³-hybridized carbons (Fsp3) is 0. The molecule has 0 radical (unpaired) electrons. The summed E-state index contributed by atoms with van der Waals surface area (Å²) in [5, 5.41) is 15.9. The average molecular weight is 857 g/mol. The van der Waals surface area contributed by atoms with Crippen molar-refractivity contribution in [1.82, 2.24) is 0 Å². The molecule has 0 aliphatic carbocycles. The molecule has 0 heteroatoms. The Hall–Kier alpha value is -11.9. The third-order valence-corrected chi connectivity index (χ3v) is 9.54. The first-order valence-electron chi connectivity index (χ1n) is 20.2. The second kappa shape index (κ2) is 23.9. The minimum atomic E-state index is 0. The lowest BCUT2D eigenvalue weighted by Gasteiger charge is -2.15. The largest absolute Gasteiger partial charge is 0.106 e. The van der Waals surface area contributed by atoms with E-state index in [9.17, 15) is 0 Å². The van der Waals surface area contributed by atoms with E-state index in [4.69, 9.17) is 12.8 Å². The van der Waals surface area contributed by atoms with Crippen LogP contribution in [-0.2, 0) is 0 Å². The molecule has 0 aromatic heterocycles. The molecule has 0 fully saturated rings. The molecule has 0 N–H and O–H groups in total. The number of terminal acetylenes is 2. The minimum Gasteiger partial charge on any atom is -0.106 e. The summed E-state index contributed by atoms with van der Waals surface area (Å²) in [4.78, 5) is 0. The standard InChI is InChI=1S/C34H20.C34H2.9H2/c1-2-10-28-26(8-1)27-9-3-4-11-29(27)32-20-24(16-18-30(28)32)25-17-14-23-13-12-21-6-5-7-22-15-19-31(25)34(23)33(21)22;1-3-5-7-9-11-13-15-17-19-21-23-25-27-29-31-33-34-32-30-28-26-24-22-20-18-16-14-12-10-8-6-4-2;;;;;;;;;/h1-20H;1-2H;9*1H. The van der Waals surface area contributed by atoms with E-state index in [1.54, 1.807) is 0 Å². The highest BCUT2D eigenvalue weighted by Crippen LogP contribution is 2.41. The van der Waals surface area contributed by atoms with Gasteiger partial charge in [0.15, 0.2) is 0 Å². The monoisotopic (exact) mass is 856 g/mol. The Morgan fingerprint density at radius 3 is 0.912 bits per heavy atom. The highest BCUT2D eigenvalue weighted by Gasteiger charge is 2.14. The molecule has 0 saturated carbocycles. The Morgan fingerprint density at radius 2 is 0.529 bits per heavy atom. The van der Waals surface area contributed by atoms with Crippen LogP contribution < -0.4 is 0 Å². The minimum absolute atomic E-state index is 0. The molecular formula is C68H40. The third kappa shape index (κ3) is 11.5. The van der Waals surface area contributed by atoms with E-state index >= 15 is 0 Å². The van der Waals surface area contributed by atoms with E-state index in [0.29, 0.717) is 0 Å². The van der Waals surface area contributed by atoms with E-state index in [2.05, 4.69) is 311 Å². The van der Waals surface area contributed by atoms with Crippen LogP contribution in [0.5, 0.6) is 0 Å². The van der Waals surface area contributed by atoms with Crippen LogP contribution in [0.4, 0.5) is 0 Å². The lowest BCUT2D eigenvalue weighted by molar-refractivity contribution is 1.71. The van der Waals surface area contributed by atoms with Crippen molar-refractivity contribution in [2.75, 3.05) is 0 Å². The summed E-state index contributed by atoms with van der Waals surface area (Å²) in [6, 6.07) is 44.9. The number of hydrogen-bond donors (Lipinski definition) is 0. The predicted octanol–water partition coefficient (Wildman–Crippen LogP) is 12.2. The van der Waals surface area contributed by atoms with Crippen molar-refractivity contribution in [2.24, 2.45) is 0 Å². The van der Waals surface area contributed by atoms with Gasteiger partial charge in [0.25, 0.3) is 0 Å². The Kier molecular flexibility index (Phi) is 15.5. The van der Waals surface area contributed by atoms with Gasteiger partial charge in [-0.15, -0.1) is 12.8 Å². The SMILES string of the molecule is C#CC#CC#CC#CC#CC#CC#CC#CC#CC#CC#CC#CC#CC#CC#CC#CC#C.[HH].[HH].[HH].[HH].[HH].[HH].[HH].[HH].[HH].c1cc2ccc3ccc(-c4ccc5c6ccccc6c6ccccc6c5c4)c4ccc(c1)c2c34. The number of rotatable bonds is 1. The van der Waals surface area contributed by atoms with Gasteiger partial charge in [-0.2, -0.15) is 0 Å². The molecule has 312 valence electrons. The first kappa shape index (κ1) is 44.2. The van der Waals surface area contributed by atoms with E-state index in [-0.39, 0.29) is 12.8 Å². The number of benzene rings is 8. The second-order valence-electron chi connectivity index (χ2n) is 13.4. The van der Waals surface area contributed by atoms with Gasteiger partial charge in [0.05, 0.1) is 0 Å². The summed E-state index contributed by atoms with van der Waals surface area (Å²) in [5.74, 6) is 78.2. The Labute approximate surface area is 410 Å². The van der Waals surface area contributed by atoms with Crippen LogP contribution >= 0.6 is 0 Å². The van der Waals surface area contributed by atoms with Crippen LogP contribution in [0.1, 0.15) is 12.8 Å². The Bertz CT molecular complexity index is 4390. The van der Waals surface area contributed by atoms with Crippen molar-refractivity contribution in [3.63, 3.8) is 0 Å². The van der Waals surface area contributed by atoms with Crippen LogP contribution in [0.15, 0.2) is 121 Å². The zero-order chi connectivity index (χ0) is 46.9. The summed E-state index contributed by atoms with van der Waals surface area (Å²) in [6.45, 7) is 0. The molecular weight excluding hydrogens is 817 g/mol. The molecule has 0 amide bonds. The molecule has 0 unspecified atom stereocenters. The first-order chi connectivity index (χ1) is 33.8. The predicted molar refractivity (Wildman–Crippen MR) is 301 cm³/mol. The molecule has 0 nitrogen and oxygen atoms in total. The van der Waals surface area contributed by atoms with Crippen LogP contribution in [0, 0.1) is 202 Å². The lowest BCUT2D eigenvalue weighted by atomic mass is 9.88. The molecule has 0 bridgehead atoms. The zero-order valence-electron chi connectivity index (χ0n) is 35.7. The van der Waals surface area contributed by atoms with Gasteiger partial charge in [-0.25, -0.2) is 0 Å². The fourth-order valence-electron chi connectivity index (χ4n) is 7.01. The highest BCUT2D eigenvalue weighted by molar-refractivity contribution is 6.28. The average Bonchev–Trinajstić information content (AvgIpc) is 3.38. The van der Waals surface area contributed by atoms with Gasteiger partial charge < -0.3 is 0 Å². The molecule has 0 atom stereocenters. The van der Waals surface area contributed by atoms with E-state index in [0.717, 1.165) is 0 Å². The summed E-state index contributed by atoms with van der Waals surface area (Å²) < 4.78 is 0. The van der Waals surface area contributed by atoms with Crippen molar-refractivity contribution < 1.29 is 12.8 Å². The van der Waals surface area contributed by atoms with Gasteiger partial charge in [0.2, 0.25) is 0 Å². The Morgan fingerprint density at radius 1 is 0.235 bits per heavy atom. The van der Waals surface area contributed by atoms with E-state index in [1.807, 2.05) is 0 Å². The van der Waals surface area contributed by atoms with Gasteiger partial charge in [-0.3, -0.25) is 0 Å². The Balaban J connectivity index is -0.00000127. The molecule has 8 aromatic rings. The molecule has 0 aliphatic rings. The van der Waals surface area contributed by atoms with Crippen LogP contribution in [0.3, 0.4) is 0 Å². The summed E-state index contributed by atoms with van der Waals surface area (Å²) >= 11 is 0. The van der Waals surface area contributed by atoms with E-state index < -0.39 is 0 Å². The summed E-state index contributed by atoms with van der Waals surface area (Å²) in [5.41, 5.74) is 2.57. The van der Waals surface area contributed by atoms with Gasteiger partial charge in [-0.05, 0) is 177 Å². The van der Waals surface area contributed by atoms with Gasteiger partial charge in [0, 0.05) is 108 Å². The number of hydrogen-bond acceptors (Lipinski definition) is 0.